The lowest BCUT2D eigenvalue weighted by Gasteiger charge is -2.22. The molecule has 0 saturated carbocycles. The molecule has 1 aromatic rings. The number of carboxylic acid groups (broad SMARTS) is 1. The summed E-state index contributed by atoms with van der Waals surface area (Å²) in [6.07, 6.45) is 2.94. The summed E-state index contributed by atoms with van der Waals surface area (Å²) in [6, 6.07) is 4.32. The highest BCUT2D eigenvalue weighted by molar-refractivity contribution is 5.96. The molecule has 1 saturated heterocycles. The van der Waals surface area contributed by atoms with Crippen LogP contribution >= 0.6 is 0 Å². The van der Waals surface area contributed by atoms with Gasteiger partial charge in [-0.15, -0.1) is 0 Å². The van der Waals surface area contributed by atoms with Crippen molar-refractivity contribution in [1.82, 2.24) is 5.32 Å². The second-order valence-corrected chi connectivity index (χ2v) is 4.71. The maximum Gasteiger partial charge on any atom is 0.339 e. The van der Waals surface area contributed by atoms with E-state index in [0.717, 1.165) is 25.8 Å². The number of hydrogen-bond acceptors (Lipinski definition) is 4. The van der Waals surface area contributed by atoms with Crippen LogP contribution in [0.3, 0.4) is 0 Å². The molecule has 6 nitrogen and oxygen atoms in total. The number of anilines is 1. The first-order valence-electron chi connectivity index (χ1n) is 6.57. The monoisotopic (exact) mass is 278 g/mol. The first kappa shape index (κ1) is 14.3. The summed E-state index contributed by atoms with van der Waals surface area (Å²) < 4.78 is 5.03. The summed E-state index contributed by atoms with van der Waals surface area (Å²) in [4.78, 5) is 23.0. The van der Waals surface area contributed by atoms with Crippen LogP contribution in [0.25, 0.3) is 0 Å². The Morgan fingerprint density at radius 2 is 2.20 bits per heavy atom. The summed E-state index contributed by atoms with van der Waals surface area (Å²) in [6.45, 7) is 0.847. The molecule has 0 radical (unpaired) electrons. The molecule has 1 amide bonds. The zero-order valence-electron chi connectivity index (χ0n) is 11.3. The molecule has 108 valence electrons. The molecule has 1 aliphatic rings. The molecular weight excluding hydrogens is 260 g/mol. The average Bonchev–Trinajstić information content (AvgIpc) is 2.47. The Kier molecular flexibility index (Phi) is 4.57. The number of piperidine rings is 1. The second kappa shape index (κ2) is 6.38. The van der Waals surface area contributed by atoms with Gasteiger partial charge in [-0.2, -0.15) is 0 Å². The van der Waals surface area contributed by atoms with E-state index in [-0.39, 0.29) is 23.3 Å². The van der Waals surface area contributed by atoms with Gasteiger partial charge in [-0.1, -0.05) is 6.42 Å². The molecule has 3 N–H and O–H groups in total. The van der Waals surface area contributed by atoms with E-state index < -0.39 is 5.97 Å². The summed E-state index contributed by atoms with van der Waals surface area (Å²) in [5.41, 5.74) is 0.602. The van der Waals surface area contributed by atoms with Crippen LogP contribution in [-0.2, 0) is 4.79 Å². The molecule has 1 fully saturated rings. The molecule has 0 aromatic heterocycles. The summed E-state index contributed by atoms with van der Waals surface area (Å²) >= 11 is 0. The number of aromatic carboxylic acids is 1. The molecule has 1 heterocycles. The van der Waals surface area contributed by atoms with E-state index >= 15 is 0 Å². The van der Waals surface area contributed by atoms with Gasteiger partial charge in [0, 0.05) is 11.8 Å². The smallest absolute Gasteiger partial charge is 0.339 e. The predicted molar refractivity (Wildman–Crippen MR) is 74.2 cm³/mol. The zero-order valence-corrected chi connectivity index (χ0v) is 11.3. The number of methoxy groups -OCH3 is 1. The zero-order chi connectivity index (χ0) is 14.5. The van der Waals surface area contributed by atoms with E-state index in [4.69, 9.17) is 9.84 Å². The largest absolute Gasteiger partial charge is 0.496 e. The lowest BCUT2D eigenvalue weighted by atomic mass is 10.0. The van der Waals surface area contributed by atoms with Crippen molar-refractivity contribution in [1.29, 1.82) is 0 Å². The molecule has 1 aliphatic heterocycles. The Bertz CT molecular complexity index is 510. The standard InChI is InChI=1S/C14H18N2O4/c1-20-12-8-9(5-6-10(12)14(18)19)16-13(17)11-4-2-3-7-15-11/h5-6,8,11,15H,2-4,7H2,1H3,(H,16,17)(H,18,19)/t11-/m1/s1. The fourth-order valence-corrected chi connectivity index (χ4v) is 2.25. The van der Waals surface area contributed by atoms with Crippen molar-refractivity contribution in [2.45, 2.75) is 25.3 Å². The highest BCUT2D eigenvalue weighted by Crippen LogP contribution is 2.23. The van der Waals surface area contributed by atoms with E-state index in [9.17, 15) is 9.59 Å². The van der Waals surface area contributed by atoms with Crippen molar-refractivity contribution in [3.63, 3.8) is 0 Å². The highest BCUT2D eigenvalue weighted by Gasteiger charge is 2.21. The van der Waals surface area contributed by atoms with E-state index in [0.29, 0.717) is 5.69 Å². The molecule has 0 spiro atoms. The minimum atomic E-state index is -1.06. The van der Waals surface area contributed by atoms with Crippen molar-refractivity contribution in [2.75, 3.05) is 19.0 Å². The van der Waals surface area contributed by atoms with Gasteiger partial charge in [0.25, 0.3) is 0 Å². The fraction of sp³-hybridized carbons (Fsp3) is 0.429. The lowest BCUT2D eigenvalue weighted by molar-refractivity contribution is -0.118. The quantitative estimate of drug-likeness (QED) is 0.776. The van der Waals surface area contributed by atoms with Crippen molar-refractivity contribution in [3.05, 3.63) is 23.8 Å². The third-order valence-electron chi connectivity index (χ3n) is 3.33. The number of carboxylic acids is 1. The topological polar surface area (TPSA) is 87.7 Å². The number of ether oxygens (including phenoxy) is 1. The Labute approximate surface area is 117 Å². The molecule has 0 aliphatic carbocycles. The molecular formula is C14H18N2O4. The minimum Gasteiger partial charge on any atom is -0.496 e. The van der Waals surface area contributed by atoms with Gasteiger partial charge in [-0.3, -0.25) is 4.79 Å². The van der Waals surface area contributed by atoms with Gasteiger partial charge >= 0.3 is 5.97 Å². The van der Waals surface area contributed by atoms with Gasteiger partial charge in [-0.25, -0.2) is 4.79 Å². The van der Waals surface area contributed by atoms with E-state index in [1.165, 1.54) is 19.2 Å². The van der Waals surface area contributed by atoms with Crippen LogP contribution in [-0.4, -0.2) is 36.7 Å². The van der Waals surface area contributed by atoms with Crippen LogP contribution in [0.1, 0.15) is 29.6 Å². The number of amides is 1. The fourth-order valence-electron chi connectivity index (χ4n) is 2.25. The van der Waals surface area contributed by atoms with Crippen molar-refractivity contribution in [3.8, 4) is 5.75 Å². The van der Waals surface area contributed by atoms with Crippen LogP contribution < -0.4 is 15.4 Å². The Hall–Kier alpha value is -2.08. The first-order chi connectivity index (χ1) is 9.61. The SMILES string of the molecule is COc1cc(NC(=O)[C@H]2CCCCN2)ccc1C(=O)O. The second-order valence-electron chi connectivity index (χ2n) is 4.71. The molecule has 0 bridgehead atoms. The van der Waals surface area contributed by atoms with Crippen LogP contribution in [0.15, 0.2) is 18.2 Å². The highest BCUT2D eigenvalue weighted by atomic mass is 16.5. The number of carbonyl (C=O) groups is 2. The van der Waals surface area contributed by atoms with Crippen LogP contribution in [0.5, 0.6) is 5.75 Å². The van der Waals surface area contributed by atoms with Crippen LogP contribution in [0.4, 0.5) is 5.69 Å². The van der Waals surface area contributed by atoms with E-state index in [1.54, 1.807) is 6.07 Å². The molecule has 1 atom stereocenters. The number of rotatable bonds is 4. The third kappa shape index (κ3) is 3.27. The first-order valence-corrected chi connectivity index (χ1v) is 6.57. The molecule has 2 rings (SSSR count). The lowest BCUT2D eigenvalue weighted by Crippen LogP contribution is -2.43. The number of hydrogen-bond donors (Lipinski definition) is 3. The Morgan fingerprint density at radius 1 is 1.40 bits per heavy atom. The van der Waals surface area contributed by atoms with Gasteiger partial charge in [0.15, 0.2) is 0 Å². The minimum absolute atomic E-state index is 0.0706. The molecule has 6 heteroatoms. The van der Waals surface area contributed by atoms with E-state index in [1.807, 2.05) is 0 Å². The Morgan fingerprint density at radius 3 is 2.80 bits per heavy atom. The van der Waals surface area contributed by atoms with Gasteiger partial charge in [0.05, 0.1) is 13.2 Å². The summed E-state index contributed by atoms with van der Waals surface area (Å²) in [7, 11) is 1.40. The predicted octanol–water partition coefficient (Wildman–Crippen LogP) is 1.47. The van der Waals surface area contributed by atoms with Gasteiger partial charge in [-0.05, 0) is 31.5 Å². The van der Waals surface area contributed by atoms with Gasteiger partial charge < -0.3 is 20.5 Å². The van der Waals surface area contributed by atoms with Crippen LogP contribution in [0, 0.1) is 0 Å². The van der Waals surface area contributed by atoms with Gasteiger partial charge in [0.1, 0.15) is 11.3 Å². The molecule has 20 heavy (non-hydrogen) atoms. The summed E-state index contributed by atoms with van der Waals surface area (Å²) in [5, 5.41) is 14.9. The number of carbonyl (C=O) groups excluding carboxylic acids is 1. The third-order valence-corrected chi connectivity index (χ3v) is 3.33. The van der Waals surface area contributed by atoms with Crippen molar-refractivity contribution >= 4 is 17.6 Å². The van der Waals surface area contributed by atoms with Crippen molar-refractivity contribution < 1.29 is 19.4 Å². The maximum atomic E-state index is 12.1. The normalized spacial score (nSPS) is 18.4. The summed E-state index contributed by atoms with van der Waals surface area (Å²) in [5.74, 6) is -0.935. The maximum absolute atomic E-state index is 12.1. The van der Waals surface area contributed by atoms with Crippen molar-refractivity contribution in [2.24, 2.45) is 0 Å². The number of nitrogens with one attached hydrogen (secondary N) is 2. The average molecular weight is 278 g/mol. The van der Waals surface area contributed by atoms with Crippen LogP contribution in [0.2, 0.25) is 0 Å². The molecule has 0 unspecified atom stereocenters. The Balaban J connectivity index is 2.09. The molecule has 1 aromatic carbocycles. The van der Waals surface area contributed by atoms with Gasteiger partial charge in [0.2, 0.25) is 5.91 Å². The van der Waals surface area contributed by atoms with E-state index in [2.05, 4.69) is 10.6 Å². The number of benzene rings is 1.